The molecule has 0 fully saturated rings. The third-order valence-electron chi connectivity index (χ3n) is 3.32. The number of rotatable bonds is 5. The van der Waals surface area contributed by atoms with Crippen molar-refractivity contribution < 1.29 is 9.47 Å². The summed E-state index contributed by atoms with van der Waals surface area (Å²) in [5.74, 6) is 0.944. The fourth-order valence-corrected chi connectivity index (χ4v) is 2.23. The molecule has 0 aliphatic carbocycles. The highest BCUT2D eigenvalue weighted by atomic mass is 16.5. The van der Waals surface area contributed by atoms with Crippen molar-refractivity contribution in [3.63, 3.8) is 0 Å². The standard InChI is InChI=1S/C16H27NO2/c1-11-9-15(18-6)14(16(3,4)5)10-13(11)12(2)19-8-7-17/h9-10,12H,7-8,17H2,1-6H3. The number of nitrogens with two attached hydrogens (primary N) is 1. The van der Waals surface area contributed by atoms with Gasteiger partial charge >= 0.3 is 0 Å². The van der Waals surface area contributed by atoms with Crippen LogP contribution in [0.1, 0.15) is 50.5 Å². The molecular weight excluding hydrogens is 238 g/mol. The summed E-state index contributed by atoms with van der Waals surface area (Å²) in [6.07, 6.45) is 0.0514. The Morgan fingerprint density at radius 1 is 1.26 bits per heavy atom. The molecule has 1 aromatic rings. The molecule has 19 heavy (non-hydrogen) atoms. The van der Waals surface area contributed by atoms with E-state index in [4.69, 9.17) is 15.2 Å². The van der Waals surface area contributed by atoms with Crippen LogP contribution in [0, 0.1) is 6.92 Å². The van der Waals surface area contributed by atoms with Crippen molar-refractivity contribution in [2.24, 2.45) is 5.73 Å². The molecule has 0 radical (unpaired) electrons. The smallest absolute Gasteiger partial charge is 0.122 e. The average molecular weight is 265 g/mol. The van der Waals surface area contributed by atoms with E-state index in [1.807, 2.05) is 0 Å². The number of aryl methyl sites for hydroxylation is 1. The Hall–Kier alpha value is -1.06. The van der Waals surface area contributed by atoms with Gasteiger partial charge < -0.3 is 15.2 Å². The molecule has 0 spiro atoms. The number of ether oxygens (including phenoxy) is 2. The highest BCUT2D eigenvalue weighted by molar-refractivity contribution is 5.46. The molecule has 108 valence electrons. The molecule has 1 atom stereocenters. The molecular formula is C16H27NO2. The second-order valence-corrected chi connectivity index (χ2v) is 5.96. The maximum Gasteiger partial charge on any atom is 0.122 e. The molecule has 1 unspecified atom stereocenters. The first-order chi connectivity index (χ1) is 8.81. The first kappa shape index (κ1) is 16.0. The van der Waals surface area contributed by atoms with Gasteiger partial charge in [0.15, 0.2) is 0 Å². The molecule has 0 aromatic heterocycles. The van der Waals surface area contributed by atoms with Gasteiger partial charge in [-0.1, -0.05) is 20.8 Å². The number of methoxy groups -OCH3 is 1. The molecule has 3 heteroatoms. The number of benzene rings is 1. The van der Waals surface area contributed by atoms with Crippen molar-refractivity contribution in [2.75, 3.05) is 20.3 Å². The van der Waals surface area contributed by atoms with Crippen LogP contribution in [0.15, 0.2) is 12.1 Å². The molecule has 0 heterocycles. The summed E-state index contributed by atoms with van der Waals surface area (Å²) in [4.78, 5) is 0. The molecule has 0 saturated carbocycles. The molecule has 0 amide bonds. The summed E-state index contributed by atoms with van der Waals surface area (Å²) in [5.41, 5.74) is 9.14. The van der Waals surface area contributed by atoms with Crippen LogP contribution in [0.5, 0.6) is 5.75 Å². The van der Waals surface area contributed by atoms with E-state index in [2.05, 4.69) is 46.8 Å². The second-order valence-electron chi connectivity index (χ2n) is 5.96. The van der Waals surface area contributed by atoms with E-state index in [9.17, 15) is 0 Å². The molecule has 0 aliphatic heterocycles. The lowest BCUT2D eigenvalue weighted by molar-refractivity contribution is 0.0712. The topological polar surface area (TPSA) is 44.5 Å². The Morgan fingerprint density at radius 2 is 1.89 bits per heavy atom. The minimum Gasteiger partial charge on any atom is -0.496 e. The van der Waals surface area contributed by atoms with Crippen LogP contribution in [-0.4, -0.2) is 20.3 Å². The lowest BCUT2D eigenvalue weighted by Gasteiger charge is -2.25. The molecule has 2 N–H and O–H groups in total. The van der Waals surface area contributed by atoms with Crippen molar-refractivity contribution in [3.05, 3.63) is 28.8 Å². The third kappa shape index (κ3) is 3.95. The van der Waals surface area contributed by atoms with Crippen LogP contribution in [-0.2, 0) is 10.2 Å². The largest absolute Gasteiger partial charge is 0.496 e. The highest BCUT2D eigenvalue weighted by Gasteiger charge is 2.22. The number of hydrogen-bond donors (Lipinski definition) is 1. The third-order valence-corrected chi connectivity index (χ3v) is 3.32. The first-order valence-corrected chi connectivity index (χ1v) is 6.82. The van der Waals surface area contributed by atoms with E-state index in [0.717, 1.165) is 5.75 Å². The van der Waals surface area contributed by atoms with Gasteiger partial charge in [0.2, 0.25) is 0 Å². The van der Waals surface area contributed by atoms with Gasteiger partial charge in [0.05, 0.1) is 19.8 Å². The zero-order chi connectivity index (χ0) is 14.6. The Balaban J connectivity index is 3.19. The van der Waals surface area contributed by atoms with Crippen LogP contribution in [0.2, 0.25) is 0 Å². The van der Waals surface area contributed by atoms with Crippen molar-refractivity contribution in [1.82, 2.24) is 0 Å². The lowest BCUT2D eigenvalue weighted by Crippen LogP contribution is -2.16. The quantitative estimate of drug-likeness (QED) is 0.888. The molecule has 0 bridgehead atoms. The molecule has 0 saturated heterocycles. The summed E-state index contributed by atoms with van der Waals surface area (Å²) in [7, 11) is 1.72. The van der Waals surface area contributed by atoms with Gasteiger partial charge in [0, 0.05) is 6.54 Å². The van der Waals surface area contributed by atoms with Gasteiger partial charge in [-0.05, 0) is 48.1 Å². The van der Waals surface area contributed by atoms with Crippen LogP contribution in [0.4, 0.5) is 0 Å². The van der Waals surface area contributed by atoms with Crippen molar-refractivity contribution in [2.45, 2.75) is 46.1 Å². The van der Waals surface area contributed by atoms with Crippen molar-refractivity contribution in [3.8, 4) is 5.75 Å². The van der Waals surface area contributed by atoms with E-state index in [1.54, 1.807) is 7.11 Å². The zero-order valence-corrected chi connectivity index (χ0v) is 13.0. The monoisotopic (exact) mass is 265 g/mol. The normalized spacial score (nSPS) is 13.4. The zero-order valence-electron chi connectivity index (χ0n) is 13.0. The predicted molar refractivity (Wildman–Crippen MR) is 79.9 cm³/mol. The van der Waals surface area contributed by atoms with Crippen LogP contribution < -0.4 is 10.5 Å². The first-order valence-electron chi connectivity index (χ1n) is 6.82. The fraction of sp³-hybridized carbons (Fsp3) is 0.625. The van der Waals surface area contributed by atoms with E-state index < -0.39 is 0 Å². The van der Waals surface area contributed by atoms with E-state index in [-0.39, 0.29) is 11.5 Å². The van der Waals surface area contributed by atoms with Crippen molar-refractivity contribution in [1.29, 1.82) is 0 Å². The van der Waals surface area contributed by atoms with E-state index in [1.165, 1.54) is 16.7 Å². The average Bonchev–Trinajstić information content (AvgIpc) is 2.33. The number of hydrogen-bond acceptors (Lipinski definition) is 3. The van der Waals surface area contributed by atoms with Crippen LogP contribution >= 0.6 is 0 Å². The maximum atomic E-state index is 5.73. The second kappa shape index (κ2) is 6.40. The van der Waals surface area contributed by atoms with Gasteiger partial charge in [-0.3, -0.25) is 0 Å². The summed E-state index contributed by atoms with van der Waals surface area (Å²) >= 11 is 0. The van der Waals surface area contributed by atoms with Gasteiger partial charge in [-0.25, -0.2) is 0 Å². The van der Waals surface area contributed by atoms with Crippen LogP contribution in [0.25, 0.3) is 0 Å². The Morgan fingerprint density at radius 3 is 2.37 bits per heavy atom. The predicted octanol–water partition coefficient (Wildman–Crippen LogP) is 3.34. The van der Waals surface area contributed by atoms with Gasteiger partial charge in [-0.2, -0.15) is 0 Å². The Labute approximate surface area is 117 Å². The van der Waals surface area contributed by atoms with E-state index >= 15 is 0 Å². The lowest BCUT2D eigenvalue weighted by atomic mass is 9.83. The van der Waals surface area contributed by atoms with Crippen molar-refractivity contribution >= 4 is 0 Å². The van der Waals surface area contributed by atoms with Gasteiger partial charge in [0.25, 0.3) is 0 Å². The molecule has 0 aliphatic rings. The molecule has 1 aromatic carbocycles. The molecule has 1 rings (SSSR count). The SMILES string of the molecule is COc1cc(C)c(C(C)OCCN)cc1C(C)(C)C. The minimum absolute atomic E-state index is 0.0430. The molecule has 3 nitrogen and oxygen atoms in total. The summed E-state index contributed by atoms with van der Waals surface area (Å²) in [5, 5.41) is 0. The summed E-state index contributed by atoms with van der Waals surface area (Å²) < 4.78 is 11.2. The van der Waals surface area contributed by atoms with Gasteiger partial charge in [0.1, 0.15) is 5.75 Å². The van der Waals surface area contributed by atoms with Crippen LogP contribution in [0.3, 0.4) is 0 Å². The van der Waals surface area contributed by atoms with Gasteiger partial charge in [-0.15, -0.1) is 0 Å². The highest BCUT2D eigenvalue weighted by Crippen LogP contribution is 2.35. The fourth-order valence-electron chi connectivity index (χ4n) is 2.23. The Bertz CT molecular complexity index is 421. The minimum atomic E-state index is 0.0430. The summed E-state index contributed by atoms with van der Waals surface area (Å²) in [6, 6.07) is 4.30. The Kier molecular flexibility index (Phi) is 5.39. The maximum absolute atomic E-state index is 5.73. The summed E-state index contributed by atoms with van der Waals surface area (Å²) in [6.45, 7) is 11.9. The van der Waals surface area contributed by atoms with E-state index in [0.29, 0.717) is 13.2 Å².